The summed E-state index contributed by atoms with van der Waals surface area (Å²) in [7, 11) is 0. The lowest BCUT2D eigenvalue weighted by Crippen LogP contribution is -2.47. The molecule has 0 amide bonds. The molecule has 160 valence electrons. The number of guanidine groups is 1. The van der Waals surface area contributed by atoms with E-state index in [1.165, 1.54) is 32.7 Å². The number of halogens is 1. The summed E-state index contributed by atoms with van der Waals surface area (Å²) >= 11 is 0. The predicted molar refractivity (Wildman–Crippen MR) is 129 cm³/mol. The topological polar surface area (TPSA) is 52.1 Å². The van der Waals surface area contributed by atoms with Gasteiger partial charge in [0.2, 0.25) is 0 Å². The van der Waals surface area contributed by atoms with Crippen LogP contribution in [0.4, 0.5) is 0 Å². The first-order valence-electron chi connectivity index (χ1n) is 10.4. The molecule has 1 aliphatic heterocycles. The first-order chi connectivity index (χ1) is 13.2. The summed E-state index contributed by atoms with van der Waals surface area (Å²) in [5, 5.41) is 6.67. The third kappa shape index (κ3) is 9.93. The average molecular weight is 503 g/mol. The molecule has 1 heterocycles. The van der Waals surface area contributed by atoms with E-state index in [1.54, 1.807) is 0 Å². The standard InChI is InChI=1S/C21H37N5O.HI/c1-4-22-21(23-11-16-27-20-9-7-6-8-10-20)24-17-19(3)18-26-14-12-25(5-2)13-15-26;/h6-10,19H,4-5,11-18H2,1-3H3,(H2,22,23,24);1H. The Bertz CT molecular complexity index is 535. The van der Waals surface area contributed by atoms with Crippen LogP contribution in [0.25, 0.3) is 0 Å². The van der Waals surface area contributed by atoms with Crippen molar-refractivity contribution >= 4 is 29.9 Å². The number of nitrogens with one attached hydrogen (secondary N) is 2. The maximum absolute atomic E-state index is 5.72. The summed E-state index contributed by atoms with van der Waals surface area (Å²) in [5.41, 5.74) is 0. The molecule has 0 radical (unpaired) electrons. The number of benzene rings is 1. The van der Waals surface area contributed by atoms with Gasteiger partial charge < -0.3 is 25.2 Å². The second kappa shape index (κ2) is 14.9. The van der Waals surface area contributed by atoms with Gasteiger partial charge in [-0.1, -0.05) is 32.0 Å². The van der Waals surface area contributed by atoms with Gasteiger partial charge in [-0.2, -0.15) is 0 Å². The molecule has 1 atom stereocenters. The minimum atomic E-state index is 0. The Kier molecular flexibility index (Phi) is 13.3. The van der Waals surface area contributed by atoms with Crippen LogP contribution >= 0.6 is 24.0 Å². The summed E-state index contributed by atoms with van der Waals surface area (Å²) in [6, 6.07) is 9.91. The molecule has 0 aliphatic carbocycles. The number of piperazine rings is 1. The lowest BCUT2D eigenvalue weighted by atomic mass is 10.1. The van der Waals surface area contributed by atoms with Crippen LogP contribution in [0.1, 0.15) is 20.8 Å². The van der Waals surface area contributed by atoms with Gasteiger partial charge in [-0.05, 0) is 31.5 Å². The minimum Gasteiger partial charge on any atom is -0.492 e. The Labute approximate surface area is 188 Å². The van der Waals surface area contributed by atoms with E-state index < -0.39 is 0 Å². The molecule has 0 bridgehead atoms. The van der Waals surface area contributed by atoms with Gasteiger partial charge in [0.15, 0.2) is 5.96 Å². The third-order valence-corrected chi connectivity index (χ3v) is 4.79. The largest absolute Gasteiger partial charge is 0.492 e. The molecule has 1 aliphatic rings. The monoisotopic (exact) mass is 503 g/mol. The second-order valence-corrected chi connectivity index (χ2v) is 7.15. The summed E-state index contributed by atoms with van der Waals surface area (Å²) in [5.74, 6) is 2.32. The molecule has 1 saturated heterocycles. The van der Waals surface area contributed by atoms with Crippen molar-refractivity contribution in [2.24, 2.45) is 10.9 Å². The van der Waals surface area contributed by atoms with E-state index in [9.17, 15) is 0 Å². The molecular formula is C21H38IN5O. The molecule has 1 unspecified atom stereocenters. The van der Waals surface area contributed by atoms with E-state index in [1.807, 2.05) is 30.3 Å². The average Bonchev–Trinajstić information content (AvgIpc) is 2.70. The normalized spacial score (nSPS) is 16.9. The van der Waals surface area contributed by atoms with E-state index >= 15 is 0 Å². The number of aliphatic imine (C=N–C) groups is 1. The molecule has 28 heavy (non-hydrogen) atoms. The van der Waals surface area contributed by atoms with Crippen LogP contribution in [0.3, 0.4) is 0 Å². The molecule has 2 N–H and O–H groups in total. The zero-order valence-corrected chi connectivity index (χ0v) is 20.0. The lowest BCUT2D eigenvalue weighted by molar-refractivity contribution is 0.125. The SMILES string of the molecule is CCNC(=NCC(C)CN1CCN(CC)CC1)NCCOc1ccccc1.I. The maximum atomic E-state index is 5.72. The van der Waals surface area contributed by atoms with E-state index in [2.05, 4.69) is 41.2 Å². The molecule has 0 aromatic heterocycles. The fourth-order valence-electron chi connectivity index (χ4n) is 3.23. The Hall–Kier alpha value is -1.06. The third-order valence-electron chi connectivity index (χ3n) is 4.79. The number of para-hydroxylation sites is 1. The predicted octanol–water partition coefficient (Wildman–Crippen LogP) is 2.51. The fourth-order valence-corrected chi connectivity index (χ4v) is 3.23. The van der Waals surface area contributed by atoms with Crippen molar-refractivity contribution in [3.8, 4) is 5.75 Å². The lowest BCUT2D eigenvalue weighted by Gasteiger charge is -2.35. The molecule has 0 spiro atoms. The quantitative estimate of drug-likeness (QED) is 0.223. The summed E-state index contributed by atoms with van der Waals surface area (Å²) in [6.45, 7) is 16.7. The van der Waals surface area contributed by atoms with E-state index in [4.69, 9.17) is 9.73 Å². The van der Waals surface area contributed by atoms with Gasteiger partial charge in [0.1, 0.15) is 12.4 Å². The molecule has 1 fully saturated rings. The Morgan fingerprint density at radius 2 is 1.75 bits per heavy atom. The van der Waals surface area contributed by atoms with Crippen LogP contribution in [-0.4, -0.2) is 81.3 Å². The Morgan fingerprint density at radius 1 is 1.07 bits per heavy atom. The number of ether oxygens (including phenoxy) is 1. The number of hydrogen-bond donors (Lipinski definition) is 2. The zero-order valence-electron chi connectivity index (χ0n) is 17.7. The van der Waals surface area contributed by atoms with Crippen molar-refractivity contribution in [1.82, 2.24) is 20.4 Å². The molecule has 1 aromatic rings. The molecule has 0 saturated carbocycles. The van der Waals surface area contributed by atoms with Crippen molar-refractivity contribution in [2.45, 2.75) is 20.8 Å². The Balaban J connectivity index is 0.00000392. The van der Waals surface area contributed by atoms with Gasteiger partial charge in [-0.3, -0.25) is 4.99 Å². The van der Waals surface area contributed by atoms with Crippen LogP contribution in [0.15, 0.2) is 35.3 Å². The van der Waals surface area contributed by atoms with Crippen LogP contribution in [-0.2, 0) is 0 Å². The van der Waals surface area contributed by atoms with E-state index in [0.717, 1.165) is 37.9 Å². The van der Waals surface area contributed by atoms with Crippen molar-refractivity contribution in [2.75, 3.05) is 65.5 Å². The maximum Gasteiger partial charge on any atom is 0.191 e. The molecule has 1 aromatic carbocycles. The molecule has 2 rings (SSSR count). The zero-order chi connectivity index (χ0) is 19.3. The minimum absolute atomic E-state index is 0. The molecule has 6 nitrogen and oxygen atoms in total. The number of rotatable bonds is 10. The smallest absolute Gasteiger partial charge is 0.191 e. The van der Waals surface area contributed by atoms with Crippen molar-refractivity contribution in [1.29, 1.82) is 0 Å². The number of hydrogen-bond acceptors (Lipinski definition) is 4. The molecular weight excluding hydrogens is 465 g/mol. The second-order valence-electron chi connectivity index (χ2n) is 7.15. The van der Waals surface area contributed by atoms with Crippen molar-refractivity contribution < 1.29 is 4.74 Å². The highest BCUT2D eigenvalue weighted by molar-refractivity contribution is 14.0. The van der Waals surface area contributed by atoms with Crippen LogP contribution in [0, 0.1) is 5.92 Å². The van der Waals surface area contributed by atoms with Crippen molar-refractivity contribution in [3.63, 3.8) is 0 Å². The number of likely N-dealkylation sites (N-methyl/N-ethyl adjacent to an activating group) is 1. The van der Waals surface area contributed by atoms with Gasteiger partial charge in [0.25, 0.3) is 0 Å². The van der Waals surface area contributed by atoms with Crippen LogP contribution in [0.5, 0.6) is 5.75 Å². The van der Waals surface area contributed by atoms with Crippen LogP contribution in [0.2, 0.25) is 0 Å². The Morgan fingerprint density at radius 3 is 2.39 bits per heavy atom. The first kappa shape index (κ1) is 25.0. The van der Waals surface area contributed by atoms with Gasteiger partial charge in [0, 0.05) is 45.8 Å². The number of nitrogens with zero attached hydrogens (tertiary/aromatic N) is 3. The van der Waals surface area contributed by atoms with Gasteiger partial charge in [0.05, 0.1) is 6.54 Å². The van der Waals surface area contributed by atoms with E-state index in [0.29, 0.717) is 12.5 Å². The summed E-state index contributed by atoms with van der Waals surface area (Å²) in [6.07, 6.45) is 0. The van der Waals surface area contributed by atoms with Crippen molar-refractivity contribution in [3.05, 3.63) is 30.3 Å². The highest BCUT2D eigenvalue weighted by Crippen LogP contribution is 2.07. The summed E-state index contributed by atoms with van der Waals surface area (Å²) in [4.78, 5) is 9.84. The van der Waals surface area contributed by atoms with Gasteiger partial charge in [-0.25, -0.2) is 0 Å². The highest BCUT2D eigenvalue weighted by Gasteiger charge is 2.17. The molecule has 7 heteroatoms. The van der Waals surface area contributed by atoms with E-state index in [-0.39, 0.29) is 24.0 Å². The fraction of sp³-hybridized carbons (Fsp3) is 0.667. The van der Waals surface area contributed by atoms with Gasteiger partial charge in [-0.15, -0.1) is 24.0 Å². The van der Waals surface area contributed by atoms with Crippen LogP contribution < -0.4 is 15.4 Å². The first-order valence-corrected chi connectivity index (χ1v) is 10.4. The van der Waals surface area contributed by atoms with Gasteiger partial charge >= 0.3 is 0 Å². The highest BCUT2D eigenvalue weighted by atomic mass is 127. The summed E-state index contributed by atoms with van der Waals surface area (Å²) < 4.78 is 5.72.